The Morgan fingerprint density at radius 2 is 1.77 bits per heavy atom. The van der Waals surface area contributed by atoms with Crippen LogP contribution in [0.25, 0.3) is 17.4 Å². The number of nitrogens with zero attached hydrogens (tertiary/aromatic N) is 1. The van der Waals surface area contributed by atoms with Gasteiger partial charge in [0.05, 0.1) is 30.2 Å². The summed E-state index contributed by atoms with van der Waals surface area (Å²) in [6, 6.07) is 16.4. The number of anilines is 2. The lowest BCUT2D eigenvalue weighted by Gasteiger charge is -2.31. The number of thiocarbonyl (C=S) groups is 1. The van der Waals surface area contributed by atoms with Gasteiger partial charge in [-0.05, 0) is 48.6 Å². The Morgan fingerprint density at radius 1 is 1.03 bits per heavy atom. The van der Waals surface area contributed by atoms with Crippen LogP contribution < -0.4 is 15.5 Å². The van der Waals surface area contributed by atoms with Crippen molar-refractivity contribution in [3.8, 4) is 11.3 Å². The lowest BCUT2D eigenvalue weighted by molar-refractivity contribution is -0.137. The second kappa shape index (κ2) is 10.7. The summed E-state index contributed by atoms with van der Waals surface area (Å²) in [6.45, 7) is 1.97. The normalized spacial score (nSPS) is 14.2. The number of ether oxygens (including phenoxy) is 1. The number of morpholine rings is 1. The Kier molecular flexibility index (Phi) is 7.52. The van der Waals surface area contributed by atoms with E-state index in [9.17, 15) is 18.0 Å². The number of furan rings is 1. The van der Waals surface area contributed by atoms with Crippen molar-refractivity contribution < 1.29 is 27.1 Å². The molecule has 2 N–H and O–H groups in total. The van der Waals surface area contributed by atoms with Crippen molar-refractivity contribution in [3.05, 3.63) is 78.1 Å². The third kappa shape index (κ3) is 6.49. The zero-order valence-electron chi connectivity index (χ0n) is 18.5. The number of amides is 1. The number of carbonyl (C=O) groups is 1. The minimum atomic E-state index is -4.52. The predicted octanol–water partition coefficient (Wildman–Crippen LogP) is 5.33. The molecule has 1 saturated heterocycles. The van der Waals surface area contributed by atoms with Gasteiger partial charge in [-0.25, -0.2) is 0 Å². The molecule has 0 atom stereocenters. The molecule has 6 nitrogen and oxygen atoms in total. The van der Waals surface area contributed by atoms with Gasteiger partial charge in [0.1, 0.15) is 11.5 Å². The standard InChI is InChI=1S/C25H22F3N3O3S/c26-25(27,28)18-6-9-21(31-12-14-33-15-13-31)20(16-18)29-24(35)30-23(32)11-8-19-7-10-22(34-19)17-4-2-1-3-5-17/h1-11,16H,12-15H2,(H2,29,30,32,35)/b11-8+. The van der Waals surface area contributed by atoms with Crippen molar-refractivity contribution >= 4 is 40.7 Å². The number of rotatable bonds is 5. The van der Waals surface area contributed by atoms with E-state index in [0.29, 0.717) is 43.5 Å². The molecule has 2 aromatic carbocycles. The van der Waals surface area contributed by atoms with Crippen LogP contribution in [0, 0.1) is 0 Å². The predicted molar refractivity (Wildman–Crippen MR) is 132 cm³/mol. The number of alkyl halides is 3. The third-order valence-corrected chi connectivity index (χ3v) is 5.45. The molecule has 182 valence electrons. The van der Waals surface area contributed by atoms with Crippen LogP contribution in [0.2, 0.25) is 0 Å². The van der Waals surface area contributed by atoms with Crippen LogP contribution in [0.3, 0.4) is 0 Å². The van der Waals surface area contributed by atoms with Gasteiger partial charge >= 0.3 is 6.18 Å². The van der Waals surface area contributed by atoms with E-state index in [2.05, 4.69) is 10.6 Å². The highest BCUT2D eigenvalue weighted by atomic mass is 32.1. The summed E-state index contributed by atoms with van der Waals surface area (Å²) in [4.78, 5) is 14.2. The van der Waals surface area contributed by atoms with Gasteiger partial charge in [0, 0.05) is 24.7 Å². The van der Waals surface area contributed by atoms with E-state index in [1.807, 2.05) is 35.2 Å². The first-order valence-corrected chi connectivity index (χ1v) is 11.2. The molecule has 1 aromatic heterocycles. The van der Waals surface area contributed by atoms with Gasteiger partial charge < -0.3 is 19.4 Å². The maximum absolute atomic E-state index is 13.3. The molecule has 10 heteroatoms. The molecular weight excluding hydrogens is 479 g/mol. The van der Waals surface area contributed by atoms with Crippen molar-refractivity contribution in [1.29, 1.82) is 0 Å². The minimum Gasteiger partial charge on any atom is -0.457 e. The van der Waals surface area contributed by atoms with Crippen molar-refractivity contribution in [2.75, 3.05) is 36.5 Å². The quantitative estimate of drug-likeness (QED) is 0.364. The third-order valence-electron chi connectivity index (χ3n) is 5.24. The summed E-state index contributed by atoms with van der Waals surface area (Å²) in [7, 11) is 0. The first-order chi connectivity index (χ1) is 16.8. The molecule has 1 fully saturated rings. The van der Waals surface area contributed by atoms with E-state index in [0.717, 1.165) is 17.7 Å². The molecule has 4 rings (SSSR count). The number of nitrogens with one attached hydrogen (secondary N) is 2. The average molecular weight is 502 g/mol. The van der Waals surface area contributed by atoms with Gasteiger partial charge in [-0.2, -0.15) is 13.2 Å². The number of carbonyl (C=O) groups excluding carboxylic acids is 1. The topological polar surface area (TPSA) is 66.7 Å². The number of halogens is 3. The summed E-state index contributed by atoms with van der Waals surface area (Å²) in [5, 5.41) is 5.06. The zero-order valence-corrected chi connectivity index (χ0v) is 19.3. The van der Waals surface area contributed by atoms with Crippen molar-refractivity contribution in [2.24, 2.45) is 0 Å². The minimum absolute atomic E-state index is 0.127. The lowest BCUT2D eigenvalue weighted by Crippen LogP contribution is -2.38. The monoisotopic (exact) mass is 501 g/mol. The van der Waals surface area contributed by atoms with Gasteiger partial charge in [-0.15, -0.1) is 0 Å². The fourth-order valence-corrected chi connectivity index (χ4v) is 3.77. The van der Waals surface area contributed by atoms with Crippen LogP contribution in [0.4, 0.5) is 24.5 Å². The Hall–Kier alpha value is -3.63. The van der Waals surface area contributed by atoms with Crippen LogP contribution in [0.15, 0.2) is 71.2 Å². The Labute approximate surface area is 205 Å². The molecule has 0 spiro atoms. The molecule has 0 bridgehead atoms. The maximum Gasteiger partial charge on any atom is 0.416 e. The summed E-state index contributed by atoms with van der Waals surface area (Å²) < 4.78 is 50.9. The molecule has 0 saturated carbocycles. The highest BCUT2D eigenvalue weighted by Crippen LogP contribution is 2.35. The molecule has 1 aliphatic rings. The molecule has 0 aliphatic carbocycles. The highest BCUT2D eigenvalue weighted by molar-refractivity contribution is 7.80. The second-order valence-electron chi connectivity index (χ2n) is 7.67. The Balaban J connectivity index is 1.42. The van der Waals surface area contributed by atoms with E-state index in [-0.39, 0.29) is 10.8 Å². The largest absolute Gasteiger partial charge is 0.457 e. The number of benzene rings is 2. The van der Waals surface area contributed by atoms with E-state index in [1.165, 1.54) is 18.2 Å². The van der Waals surface area contributed by atoms with Crippen LogP contribution in [-0.2, 0) is 15.7 Å². The van der Waals surface area contributed by atoms with E-state index < -0.39 is 17.6 Å². The van der Waals surface area contributed by atoms with Gasteiger partial charge in [0.25, 0.3) is 0 Å². The van der Waals surface area contributed by atoms with Crippen molar-refractivity contribution in [3.63, 3.8) is 0 Å². The van der Waals surface area contributed by atoms with Gasteiger partial charge in [-0.3, -0.25) is 10.1 Å². The molecule has 0 radical (unpaired) electrons. The molecule has 0 unspecified atom stereocenters. The summed E-state index contributed by atoms with van der Waals surface area (Å²) >= 11 is 5.18. The molecule has 3 aromatic rings. The van der Waals surface area contributed by atoms with Gasteiger partial charge in [-0.1, -0.05) is 30.3 Å². The Bertz CT molecular complexity index is 1220. The van der Waals surface area contributed by atoms with Crippen LogP contribution >= 0.6 is 12.2 Å². The smallest absolute Gasteiger partial charge is 0.416 e. The average Bonchev–Trinajstić information content (AvgIpc) is 3.32. The van der Waals surface area contributed by atoms with E-state index >= 15 is 0 Å². The van der Waals surface area contributed by atoms with Gasteiger partial charge in [0.2, 0.25) is 5.91 Å². The molecular formula is C25H22F3N3O3S. The number of hydrogen-bond donors (Lipinski definition) is 2. The van der Waals surface area contributed by atoms with Crippen LogP contribution in [0.1, 0.15) is 11.3 Å². The highest BCUT2D eigenvalue weighted by Gasteiger charge is 2.31. The number of hydrogen-bond acceptors (Lipinski definition) is 5. The van der Waals surface area contributed by atoms with E-state index in [1.54, 1.807) is 12.1 Å². The maximum atomic E-state index is 13.3. The first kappa shape index (κ1) is 24.5. The zero-order chi connectivity index (χ0) is 24.8. The molecule has 1 aliphatic heterocycles. The van der Waals surface area contributed by atoms with Gasteiger partial charge in [0.15, 0.2) is 5.11 Å². The summed E-state index contributed by atoms with van der Waals surface area (Å²) in [6.07, 6.45) is -1.81. The fraction of sp³-hybridized carbons (Fsp3) is 0.200. The molecule has 1 amide bonds. The lowest BCUT2D eigenvalue weighted by atomic mass is 10.1. The summed E-state index contributed by atoms with van der Waals surface area (Å²) in [5.74, 6) is 0.563. The summed E-state index contributed by atoms with van der Waals surface area (Å²) in [5.41, 5.74) is 0.768. The fourth-order valence-electron chi connectivity index (χ4n) is 3.56. The molecule has 35 heavy (non-hydrogen) atoms. The first-order valence-electron chi connectivity index (χ1n) is 10.8. The van der Waals surface area contributed by atoms with Crippen molar-refractivity contribution in [2.45, 2.75) is 6.18 Å². The van der Waals surface area contributed by atoms with Crippen LogP contribution in [-0.4, -0.2) is 37.3 Å². The van der Waals surface area contributed by atoms with E-state index in [4.69, 9.17) is 21.4 Å². The Morgan fingerprint density at radius 3 is 2.49 bits per heavy atom. The SMILES string of the molecule is O=C(/C=C/c1ccc(-c2ccccc2)o1)NC(=S)Nc1cc(C(F)(F)F)ccc1N1CCOCC1. The molecule has 2 heterocycles. The van der Waals surface area contributed by atoms with Crippen LogP contribution in [0.5, 0.6) is 0 Å². The van der Waals surface area contributed by atoms with Crippen molar-refractivity contribution in [1.82, 2.24) is 5.32 Å². The second-order valence-corrected chi connectivity index (χ2v) is 8.08.